The quantitative estimate of drug-likeness (QED) is 0.850. The predicted octanol–water partition coefficient (Wildman–Crippen LogP) is 2.06. The zero-order chi connectivity index (χ0) is 14.3. The van der Waals surface area contributed by atoms with Crippen LogP contribution in [0.4, 0.5) is 11.4 Å². The number of rotatable bonds is 2. The lowest BCUT2D eigenvalue weighted by molar-refractivity contribution is 0.417. The normalized spacial score (nSPS) is 13.7. The summed E-state index contributed by atoms with van der Waals surface area (Å²) in [4.78, 5) is 2.36. The van der Waals surface area contributed by atoms with E-state index < -0.39 is 0 Å². The Morgan fingerprint density at radius 3 is 2.85 bits per heavy atom. The Balaban J connectivity index is 2.26. The molecule has 0 bridgehead atoms. The molecule has 20 heavy (non-hydrogen) atoms. The molecule has 1 aliphatic rings. The highest BCUT2D eigenvalue weighted by Gasteiger charge is 2.23. The van der Waals surface area contributed by atoms with Crippen molar-refractivity contribution < 1.29 is 4.74 Å². The number of ether oxygens (including phenoxy) is 1. The first-order valence-electron chi connectivity index (χ1n) is 6.89. The van der Waals surface area contributed by atoms with Crippen molar-refractivity contribution in [2.75, 3.05) is 30.8 Å². The average Bonchev–Trinajstić information content (AvgIpc) is 2.74. The molecule has 0 saturated heterocycles. The highest BCUT2D eigenvalue weighted by atomic mass is 16.5. The number of nitrogens with zero attached hydrogens (tertiary/aromatic N) is 3. The zero-order valence-electron chi connectivity index (χ0n) is 12.2. The largest absolute Gasteiger partial charge is 0.495 e. The Hall–Kier alpha value is -2.17. The Morgan fingerprint density at radius 2 is 2.15 bits per heavy atom. The van der Waals surface area contributed by atoms with Gasteiger partial charge >= 0.3 is 0 Å². The van der Waals surface area contributed by atoms with Gasteiger partial charge in [0.15, 0.2) is 0 Å². The second-order valence-electron chi connectivity index (χ2n) is 5.07. The summed E-state index contributed by atoms with van der Waals surface area (Å²) in [6, 6.07) is 4.04. The van der Waals surface area contributed by atoms with Crippen molar-refractivity contribution in [3.05, 3.63) is 24.0 Å². The molecule has 1 aromatic carbocycles. The van der Waals surface area contributed by atoms with Crippen LogP contribution in [0.5, 0.6) is 5.75 Å². The molecule has 2 aromatic rings. The number of hydrogen-bond acceptors (Lipinski definition) is 4. The van der Waals surface area contributed by atoms with Gasteiger partial charge in [-0.05, 0) is 13.0 Å². The van der Waals surface area contributed by atoms with Crippen molar-refractivity contribution in [3.8, 4) is 16.9 Å². The number of nitrogens with two attached hydrogens (primary N) is 1. The summed E-state index contributed by atoms with van der Waals surface area (Å²) in [6.45, 7) is 4.10. The predicted molar refractivity (Wildman–Crippen MR) is 81.2 cm³/mol. The minimum absolute atomic E-state index is 0.666. The molecule has 3 rings (SSSR count). The summed E-state index contributed by atoms with van der Waals surface area (Å²) in [6.07, 6.45) is 2.91. The van der Waals surface area contributed by atoms with Crippen molar-refractivity contribution in [1.82, 2.24) is 9.78 Å². The lowest BCUT2D eigenvalue weighted by Crippen LogP contribution is -2.25. The SMILES string of the molecule is CCN1CCc2c(cnn2C)-c2cc(N)c(OC)cc21. The third-order valence-corrected chi connectivity index (χ3v) is 4.04. The molecule has 1 aromatic heterocycles. The van der Waals surface area contributed by atoms with Gasteiger partial charge in [-0.2, -0.15) is 5.10 Å². The average molecular weight is 272 g/mol. The van der Waals surface area contributed by atoms with Crippen molar-refractivity contribution in [2.45, 2.75) is 13.3 Å². The van der Waals surface area contributed by atoms with E-state index in [-0.39, 0.29) is 0 Å². The van der Waals surface area contributed by atoms with Crippen LogP contribution in [0.1, 0.15) is 12.6 Å². The fourth-order valence-electron chi connectivity index (χ4n) is 2.91. The molecular formula is C15H20N4O. The van der Waals surface area contributed by atoms with E-state index in [1.807, 2.05) is 30.1 Å². The Morgan fingerprint density at radius 1 is 1.35 bits per heavy atom. The molecular weight excluding hydrogens is 252 g/mol. The standard InChI is InChI=1S/C15H20N4O/c1-4-19-6-5-13-11(9-17-18(13)2)10-7-12(16)15(20-3)8-14(10)19/h7-9H,4-6,16H2,1-3H3. The number of benzene rings is 1. The van der Waals surface area contributed by atoms with Gasteiger partial charge < -0.3 is 15.4 Å². The topological polar surface area (TPSA) is 56.3 Å². The van der Waals surface area contributed by atoms with Crippen LogP contribution in [-0.2, 0) is 13.5 Å². The summed E-state index contributed by atoms with van der Waals surface area (Å²) >= 11 is 0. The smallest absolute Gasteiger partial charge is 0.143 e. The number of likely N-dealkylation sites (N-methyl/N-ethyl adjacent to an activating group) is 1. The Labute approximate surface area is 118 Å². The van der Waals surface area contributed by atoms with E-state index in [0.717, 1.165) is 30.8 Å². The minimum Gasteiger partial charge on any atom is -0.495 e. The van der Waals surface area contributed by atoms with Gasteiger partial charge in [-0.15, -0.1) is 0 Å². The molecule has 5 nitrogen and oxygen atoms in total. The first-order valence-corrected chi connectivity index (χ1v) is 6.89. The maximum atomic E-state index is 6.09. The van der Waals surface area contributed by atoms with Gasteiger partial charge in [0.05, 0.1) is 19.0 Å². The second kappa shape index (κ2) is 4.74. The lowest BCUT2D eigenvalue weighted by Gasteiger charge is -2.24. The van der Waals surface area contributed by atoms with E-state index in [9.17, 15) is 0 Å². The van der Waals surface area contributed by atoms with Gasteiger partial charge in [-0.1, -0.05) is 0 Å². The number of anilines is 2. The maximum Gasteiger partial charge on any atom is 0.143 e. The molecule has 0 atom stereocenters. The number of aromatic nitrogens is 2. The Bertz CT molecular complexity index is 648. The first-order chi connectivity index (χ1) is 9.65. The van der Waals surface area contributed by atoms with Crippen LogP contribution in [0.25, 0.3) is 11.1 Å². The number of aryl methyl sites for hydroxylation is 1. The highest BCUT2D eigenvalue weighted by Crippen LogP contribution is 2.41. The molecule has 0 radical (unpaired) electrons. The number of hydrogen-bond donors (Lipinski definition) is 1. The van der Waals surface area contributed by atoms with Crippen LogP contribution in [-0.4, -0.2) is 30.0 Å². The number of fused-ring (bicyclic) bond motifs is 3. The van der Waals surface area contributed by atoms with Gasteiger partial charge in [0.1, 0.15) is 5.75 Å². The van der Waals surface area contributed by atoms with Crippen LogP contribution >= 0.6 is 0 Å². The molecule has 1 aliphatic heterocycles. The van der Waals surface area contributed by atoms with Crippen molar-refractivity contribution >= 4 is 11.4 Å². The van der Waals surface area contributed by atoms with Crippen molar-refractivity contribution in [3.63, 3.8) is 0 Å². The first kappa shape index (κ1) is 12.8. The molecule has 2 N–H and O–H groups in total. The molecule has 0 spiro atoms. The maximum absolute atomic E-state index is 6.09. The Kier molecular flexibility index (Phi) is 3.04. The molecule has 106 valence electrons. The van der Waals surface area contributed by atoms with Gasteiger partial charge in [0.2, 0.25) is 0 Å². The number of nitrogen functional groups attached to an aromatic ring is 1. The van der Waals surface area contributed by atoms with Gasteiger partial charge in [-0.3, -0.25) is 4.68 Å². The second-order valence-corrected chi connectivity index (χ2v) is 5.07. The molecule has 5 heteroatoms. The summed E-state index contributed by atoms with van der Waals surface area (Å²) in [5.74, 6) is 0.731. The van der Waals surface area contributed by atoms with Crippen molar-refractivity contribution in [1.29, 1.82) is 0 Å². The highest BCUT2D eigenvalue weighted by molar-refractivity contribution is 5.85. The van der Waals surface area contributed by atoms with Crippen LogP contribution in [0.3, 0.4) is 0 Å². The van der Waals surface area contributed by atoms with E-state index in [4.69, 9.17) is 10.5 Å². The van der Waals surface area contributed by atoms with Crippen LogP contribution < -0.4 is 15.4 Å². The molecule has 2 heterocycles. The molecule has 0 fully saturated rings. The summed E-state index contributed by atoms with van der Waals surface area (Å²) in [5, 5.41) is 4.39. The van der Waals surface area contributed by atoms with E-state index in [1.165, 1.54) is 16.9 Å². The summed E-state index contributed by atoms with van der Waals surface area (Å²) in [5.41, 5.74) is 11.5. The van der Waals surface area contributed by atoms with Gasteiger partial charge in [0.25, 0.3) is 0 Å². The fourth-order valence-corrected chi connectivity index (χ4v) is 2.91. The molecule has 0 aliphatic carbocycles. The van der Waals surface area contributed by atoms with E-state index in [2.05, 4.69) is 16.9 Å². The minimum atomic E-state index is 0.666. The fraction of sp³-hybridized carbons (Fsp3) is 0.400. The van der Waals surface area contributed by atoms with E-state index in [0.29, 0.717) is 5.69 Å². The van der Waals surface area contributed by atoms with Crippen molar-refractivity contribution in [2.24, 2.45) is 7.05 Å². The van der Waals surface area contributed by atoms with Crippen LogP contribution in [0.15, 0.2) is 18.3 Å². The summed E-state index contributed by atoms with van der Waals surface area (Å²) < 4.78 is 7.32. The monoisotopic (exact) mass is 272 g/mol. The molecule has 0 saturated carbocycles. The van der Waals surface area contributed by atoms with Gasteiger partial charge in [0, 0.05) is 55.1 Å². The molecule has 0 unspecified atom stereocenters. The van der Waals surface area contributed by atoms with E-state index in [1.54, 1.807) is 7.11 Å². The van der Waals surface area contributed by atoms with Gasteiger partial charge in [-0.25, -0.2) is 0 Å². The third-order valence-electron chi connectivity index (χ3n) is 4.04. The number of methoxy groups -OCH3 is 1. The van der Waals surface area contributed by atoms with Crippen LogP contribution in [0, 0.1) is 0 Å². The lowest BCUT2D eigenvalue weighted by atomic mass is 10.0. The zero-order valence-corrected chi connectivity index (χ0v) is 12.2. The molecule has 0 amide bonds. The summed E-state index contributed by atoms with van der Waals surface area (Å²) in [7, 11) is 3.65. The van der Waals surface area contributed by atoms with E-state index >= 15 is 0 Å². The third kappa shape index (κ3) is 1.81. The van der Waals surface area contributed by atoms with Crippen LogP contribution in [0.2, 0.25) is 0 Å².